The van der Waals surface area contributed by atoms with Crippen molar-refractivity contribution in [3.05, 3.63) is 72.4 Å². The quantitative estimate of drug-likeness (QED) is 0.410. The van der Waals surface area contributed by atoms with E-state index in [0.717, 1.165) is 46.9 Å². The van der Waals surface area contributed by atoms with Crippen molar-refractivity contribution >= 4 is 11.2 Å². The number of benzene rings is 2. The number of fused-ring (bicyclic) bond motifs is 1. The van der Waals surface area contributed by atoms with Gasteiger partial charge in [0.2, 0.25) is 0 Å². The Morgan fingerprint density at radius 3 is 2.59 bits per heavy atom. The summed E-state index contributed by atoms with van der Waals surface area (Å²) in [5.41, 5.74) is 3.84. The van der Waals surface area contributed by atoms with E-state index in [1.54, 1.807) is 6.20 Å². The van der Waals surface area contributed by atoms with Crippen LogP contribution >= 0.6 is 0 Å². The van der Waals surface area contributed by atoms with Crippen LogP contribution in [0.2, 0.25) is 0 Å². The molecule has 2 aromatic carbocycles. The average Bonchev–Trinajstić information content (AvgIpc) is 3.16. The van der Waals surface area contributed by atoms with Gasteiger partial charge in [-0.25, -0.2) is 9.97 Å². The van der Waals surface area contributed by atoms with E-state index in [-0.39, 0.29) is 6.10 Å². The number of ether oxygens (including phenoxy) is 2. The lowest BCUT2D eigenvalue weighted by Crippen LogP contribution is -2.06. The van der Waals surface area contributed by atoms with Crippen LogP contribution in [0, 0.1) is 0 Å². The monoisotopic (exact) mass is 387 g/mol. The largest absolute Gasteiger partial charge is 0.493 e. The first-order chi connectivity index (χ1) is 14.2. The van der Waals surface area contributed by atoms with Gasteiger partial charge in [-0.2, -0.15) is 0 Å². The predicted octanol–water partition coefficient (Wildman–Crippen LogP) is 5.42. The molecule has 2 aromatic heterocycles. The summed E-state index contributed by atoms with van der Waals surface area (Å²) >= 11 is 0. The summed E-state index contributed by atoms with van der Waals surface area (Å²) in [4.78, 5) is 12.3. The number of nitrogens with one attached hydrogen (secondary N) is 1. The molecule has 5 nitrogen and oxygen atoms in total. The SMILES string of the molecule is CC(C)Oc1cc(OCCCc2ccccc2)cc(-c2nc3cccnc3[nH]2)c1. The molecule has 0 aliphatic carbocycles. The summed E-state index contributed by atoms with van der Waals surface area (Å²) in [6.07, 6.45) is 3.77. The molecule has 1 N–H and O–H groups in total. The maximum atomic E-state index is 6.05. The van der Waals surface area contributed by atoms with Crippen LogP contribution in [0.15, 0.2) is 66.9 Å². The third-order valence-corrected chi connectivity index (χ3v) is 4.50. The van der Waals surface area contributed by atoms with Crippen molar-refractivity contribution in [1.29, 1.82) is 0 Å². The molecular formula is C24H25N3O2. The topological polar surface area (TPSA) is 60.0 Å². The fraction of sp³-hybridized carbons (Fsp3) is 0.250. The van der Waals surface area contributed by atoms with Gasteiger partial charge in [-0.15, -0.1) is 0 Å². The fourth-order valence-electron chi connectivity index (χ4n) is 3.22. The van der Waals surface area contributed by atoms with E-state index < -0.39 is 0 Å². The normalized spacial score (nSPS) is 11.1. The van der Waals surface area contributed by atoms with E-state index in [1.165, 1.54) is 5.56 Å². The first-order valence-electron chi connectivity index (χ1n) is 9.97. The first-order valence-corrected chi connectivity index (χ1v) is 9.97. The molecule has 0 fully saturated rings. The summed E-state index contributed by atoms with van der Waals surface area (Å²) in [5, 5.41) is 0. The Hall–Kier alpha value is -3.34. The Balaban J connectivity index is 1.52. The summed E-state index contributed by atoms with van der Waals surface area (Å²) in [5.74, 6) is 2.30. The summed E-state index contributed by atoms with van der Waals surface area (Å²) in [6, 6.07) is 20.2. The van der Waals surface area contributed by atoms with E-state index in [2.05, 4.69) is 39.2 Å². The lowest BCUT2D eigenvalue weighted by atomic mass is 10.1. The molecule has 0 spiro atoms. The van der Waals surface area contributed by atoms with E-state index >= 15 is 0 Å². The van der Waals surface area contributed by atoms with Gasteiger partial charge in [0.25, 0.3) is 0 Å². The number of pyridine rings is 1. The highest BCUT2D eigenvalue weighted by Crippen LogP contribution is 2.30. The van der Waals surface area contributed by atoms with Crippen molar-refractivity contribution in [2.75, 3.05) is 6.61 Å². The second kappa shape index (κ2) is 8.78. The molecule has 4 aromatic rings. The van der Waals surface area contributed by atoms with Crippen LogP contribution in [0.1, 0.15) is 25.8 Å². The van der Waals surface area contributed by atoms with Gasteiger partial charge in [0.15, 0.2) is 5.65 Å². The first kappa shape index (κ1) is 19.0. The molecule has 29 heavy (non-hydrogen) atoms. The van der Waals surface area contributed by atoms with Crippen LogP contribution < -0.4 is 9.47 Å². The Morgan fingerprint density at radius 2 is 1.79 bits per heavy atom. The second-order valence-electron chi connectivity index (χ2n) is 7.25. The van der Waals surface area contributed by atoms with Crippen molar-refractivity contribution in [1.82, 2.24) is 15.0 Å². The fourth-order valence-corrected chi connectivity index (χ4v) is 3.22. The minimum absolute atomic E-state index is 0.0773. The molecule has 0 aliphatic rings. The van der Waals surface area contributed by atoms with Crippen molar-refractivity contribution < 1.29 is 9.47 Å². The molecule has 0 aliphatic heterocycles. The molecule has 0 saturated heterocycles. The third-order valence-electron chi connectivity index (χ3n) is 4.50. The highest BCUT2D eigenvalue weighted by atomic mass is 16.5. The lowest BCUT2D eigenvalue weighted by molar-refractivity contribution is 0.240. The van der Waals surface area contributed by atoms with Gasteiger partial charge in [0, 0.05) is 17.8 Å². The highest BCUT2D eigenvalue weighted by Gasteiger charge is 2.11. The van der Waals surface area contributed by atoms with Gasteiger partial charge in [-0.1, -0.05) is 30.3 Å². The maximum Gasteiger partial charge on any atom is 0.157 e. The van der Waals surface area contributed by atoms with E-state index in [1.807, 2.05) is 50.2 Å². The van der Waals surface area contributed by atoms with Crippen LogP contribution in [0.25, 0.3) is 22.6 Å². The molecule has 0 atom stereocenters. The summed E-state index contributed by atoms with van der Waals surface area (Å²) in [7, 11) is 0. The number of rotatable bonds is 8. The minimum Gasteiger partial charge on any atom is -0.493 e. The van der Waals surface area contributed by atoms with Crippen molar-refractivity contribution in [2.45, 2.75) is 32.8 Å². The number of H-pyrrole nitrogens is 1. The van der Waals surface area contributed by atoms with Gasteiger partial charge in [0.1, 0.15) is 22.8 Å². The number of aryl methyl sites for hydroxylation is 1. The molecule has 0 bridgehead atoms. The van der Waals surface area contributed by atoms with Gasteiger partial charge in [-0.3, -0.25) is 0 Å². The van der Waals surface area contributed by atoms with Gasteiger partial charge >= 0.3 is 0 Å². The molecule has 4 rings (SSSR count). The van der Waals surface area contributed by atoms with Crippen LogP contribution in [0.3, 0.4) is 0 Å². The average molecular weight is 387 g/mol. The maximum absolute atomic E-state index is 6.05. The van der Waals surface area contributed by atoms with E-state index in [9.17, 15) is 0 Å². The predicted molar refractivity (Wildman–Crippen MR) is 115 cm³/mol. The Morgan fingerprint density at radius 1 is 0.966 bits per heavy atom. The van der Waals surface area contributed by atoms with Crippen molar-refractivity contribution in [3.8, 4) is 22.9 Å². The Kier molecular flexibility index (Phi) is 5.75. The number of hydrogen-bond donors (Lipinski definition) is 1. The third kappa shape index (κ3) is 4.93. The summed E-state index contributed by atoms with van der Waals surface area (Å²) < 4.78 is 12.0. The van der Waals surface area contributed by atoms with Gasteiger partial charge in [0.05, 0.1) is 12.7 Å². The van der Waals surface area contributed by atoms with Crippen LogP contribution in [-0.2, 0) is 6.42 Å². The van der Waals surface area contributed by atoms with E-state index in [4.69, 9.17) is 9.47 Å². The second-order valence-corrected chi connectivity index (χ2v) is 7.25. The van der Waals surface area contributed by atoms with Crippen LogP contribution in [0.5, 0.6) is 11.5 Å². The smallest absolute Gasteiger partial charge is 0.157 e. The molecule has 148 valence electrons. The number of nitrogens with zero attached hydrogens (tertiary/aromatic N) is 2. The molecular weight excluding hydrogens is 362 g/mol. The molecule has 5 heteroatoms. The standard InChI is InChI=1S/C24H25N3O2/c1-17(2)29-21-15-19(23-26-22-11-6-12-25-24(22)27-23)14-20(16-21)28-13-7-10-18-8-4-3-5-9-18/h3-6,8-9,11-12,14-17H,7,10,13H2,1-2H3,(H,25,26,27). The molecule has 0 amide bonds. The number of hydrogen-bond acceptors (Lipinski definition) is 4. The van der Waals surface area contributed by atoms with Crippen LogP contribution in [-0.4, -0.2) is 27.7 Å². The molecule has 2 heterocycles. The zero-order valence-electron chi connectivity index (χ0n) is 16.8. The zero-order valence-corrected chi connectivity index (χ0v) is 16.8. The lowest BCUT2D eigenvalue weighted by Gasteiger charge is -2.14. The van der Waals surface area contributed by atoms with Gasteiger partial charge < -0.3 is 14.5 Å². The van der Waals surface area contributed by atoms with Crippen LogP contribution in [0.4, 0.5) is 0 Å². The molecule has 0 radical (unpaired) electrons. The highest BCUT2D eigenvalue weighted by molar-refractivity contribution is 5.76. The van der Waals surface area contributed by atoms with E-state index in [0.29, 0.717) is 6.61 Å². The van der Waals surface area contributed by atoms with Crippen molar-refractivity contribution in [3.63, 3.8) is 0 Å². The molecule has 0 unspecified atom stereocenters. The number of imidazole rings is 1. The number of aromatic nitrogens is 3. The van der Waals surface area contributed by atoms with Crippen molar-refractivity contribution in [2.24, 2.45) is 0 Å². The minimum atomic E-state index is 0.0773. The Bertz CT molecular complexity index is 1040. The zero-order chi connectivity index (χ0) is 20.1. The Labute approximate surface area is 170 Å². The molecule has 0 saturated carbocycles. The summed E-state index contributed by atoms with van der Waals surface area (Å²) in [6.45, 7) is 4.66. The number of aromatic amines is 1. The van der Waals surface area contributed by atoms with Gasteiger partial charge in [-0.05, 0) is 56.5 Å².